The highest BCUT2D eigenvalue weighted by atomic mass is 16.2. The van der Waals surface area contributed by atoms with E-state index in [2.05, 4.69) is 39.0 Å². The van der Waals surface area contributed by atoms with Gasteiger partial charge in [-0.3, -0.25) is 0 Å². The Kier molecular flexibility index (Phi) is 8.25. The molecule has 0 atom stereocenters. The summed E-state index contributed by atoms with van der Waals surface area (Å²) in [6.07, 6.45) is 11.6. The van der Waals surface area contributed by atoms with E-state index in [1.54, 1.807) is 0 Å². The molecule has 0 aliphatic rings. The molecule has 1 N–H and O–H groups in total. The second kappa shape index (κ2) is 8.76. The number of hydrogen-bond acceptors (Lipinski definition) is 1. The van der Waals surface area contributed by atoms with E-state index >= 15 is 0 Å². The second-order valence-corrected chi connectivity index (χ2v) is 3.53. The lowest BCUT2D eigenvalue weighted by atomic mass is 10.1. The highest BCUT2D eigenvalue weighted by molar-refractivity contribution is 5.16. The standard InChI is InChI=1S/C13H22O/c1-4-5-7-12(2)8-6-9-13(3)10-11-14/h5,7-8,10,14H,4,6,9,11H2,1-3H3. The van der Waals surface area contributed by atoms with Gasteiger partial charge in [0.05, 0.1) is 6.61 Å². The Balaban J connectivity index is 3.81. The molecule has 0 aromatic heterocycles. The molecule has 0 rings (SSSR count). The van der Waals surface area contributed by atoms with E-state index in [1.807, 2.05) is 6.08 Å². The van der Waals surface area contributed by atoms with Gasteiger partial charge in [0.1, 0.15) is 0 Å². The first-order valence-corrected chi connectivity index (χ1v) is 5.30. The largest absolute Gasteiger partial charge is 0.392 e. The molecule has 0 aromatic carbocycles. The average Bonchev–Trinajstić information content (AvgIpc) is 2.15. The van der Waals surface area contributed by atoms with Crippen molar-refractivity contribution in [3.63, 3.8) is 0 Å². The third kappa shape index (κ3) is 7.81. The van der Waals surface area contributed by atoms with E-state index in [0.717, 1.165) is 19.3 Å². The fraction of sp³-hybridized carbons (Fsp3) is 0.538. The van der Waals surface area contributed by atoms with Crippen molar-refractivity contribution >= 4 is 0 Å². The zero-order valence-corrected chi connectivity index (χ0v) is 9.59. The van der Waals surface area contributed by atoms with Gasteiger partial charge in [0, 0.05) is 0 Å². The fourth-order valence-electron chi connectivity index (χ4n) is 1.16. The zero-order valence-electron chi connectivity index (χ0n) is 9.59. The van der Waals surface area contributed by atoms with Gasteiger partial charge in [-0.05, 0) is 33.1 Å². The highest BCUT2D eigenvalue weighted by Crippen LogP contribution is 2.07. The van der Waals surface area contributed by atoms with E-state index in [4.69, 9.17) is 5.11 Å². The summed E-state index contributed by atoms with van der Waals surface area (Å²) in [6.45, 7) is 6.47. The van der Waals surface area contributed by atoms with Crippen molar-refractivity contribution in [1.82, 2.24) is 0 Å². The molecule has 14 heavy (non-hydrogen) atoms. The first-order chi connectivity index (χ1) is 6.70. The molecule has 0 unspecified atom stereocenters. The Morgan fingerprint density at radius 3 is 2.50 bits per heavy atom. The maximum Gasteiger partial charge on any atom is 0.0614 e. The number of aliphatic hydroxyl groups is 1. The van der Waals surface area contributed by atoms with Crippen molar-refractivity contribution in [2.45, 2.75) is 40.0 Å². The van der Waals surface area contributed by atoms with Crippen molar-refractivity contribution in [3.8, 4) is 0 Å². The molecule has 1 nitrogen and oxygen atoms in total. The lowest BCUT2D eigenvalue weighted by Crippen LogP contribution is -1.80. The molecule has 0 fully saturated rings. The lowest BCUT2D eigenvalue weighted by Gasteiger charge is -1.97. The predicted molar refractivity (Wildman–Crippen MR) is 63.3 cm³/mol. The molecule has 0 aromatic rings. The molecule has 0 bridgehead atoms. The van der Waals surface area contributed by atoms with Crippen LogP contribution in [0.3, 0.4) is 0 Å². The molecular weight excluding hydrogens is 172 g/mol. The molecule has 80 valence electrons. The molecule has 1 heteroatoms. The SMILES string of the molecule is CCC=CC(C)=CCCC(C)=CCO. The summed E-state index contributed by atoms with van der Waals surface area (Å²) in [5.74, 6) is 0. The summed E-state index contributed by atoms with van der Waals surface area (Å²) in [7, 11) is 0. The van der Waals surface area contributed by atoms with Crippen LogP contribution in [0.4, 0.5) is 0 Å². The first kappa shape index (κ1) is 13.2. The zero-order chi connectivity index (χ0) is 10.8. The van der Waals surface area contributed by atoms with Crippen molar-refractivity contribution in [3.05, 3.63) is 35.5 Å². The normalized spacial score (nSPS) is 14.0. The summed E-state index contributed by atoms with van der Waals surface area (Å²) in [6, 6.07) is 0. The number of rotatable bonds is 6. The third-order valence-corrected chi connectivity index (χ3v) is 2.06. The van der Waals surface area contributed by atoms with Gasteiger partial charge >= 0.3 is 0 Å². The molecule has 0 aliphatic carbocycles. The van der Waals surface area contributed by atoms with Gasteiger partial charge in [-0.25, -0.2) is 0 Å². The maximum atomic E-state index is 8.66. The van der Waals surface area contributed by atoms with Crippen LogP contribution >= 0.6 is 0 Å². The summed E-state index contributed by atoms with van der Waals surface area (Å²) >= 11 is 0. The molecule has 0 saturated heterocycles. The molecule has 0 aliphatic heterocycles. The van der Waals surface area contributed by atoms with Crippen molar-refractivity contribution < 1.29 is 5.11 Å². The highest BCUT2D eigenvalue weighted by Gasteiger charge is 1.88. The smallest absolute Gasteiger partial charge is 0.0614 e. The van der Waals surface area contributed by atoms with Crippen LogP contribution in [0.25, 0.3) is 0 Å². The fourth-order valence-corrected chi connectivity index (χ4v) is 1.16. The van der Waals surface area contributed by atoms with Gasteiger partial charge in [0.2, 0.25) is 0 Å². The number of aliphatic hydroxyl groups excluding tert-OH is 1. The van der Waals surface area contributed by atoms with Crippen LogP contribution in [0.2, 0.25) is 0 Å². The van der Waals surface area contributed by atoms with E-state index in [0.29, 0.717) is 0 Å². The van der Waals surface area contributed by atoms with Crippen LogP contribution in [-0.4, -0.2) is 11.7 Å². The minimum Gasteiger partial charge on any atom is -0.392 e. The van der Waals surface area contributed by atoms with Crippen LogP contribution in [0, 0.1) is 0 Å². The molecule has 0 radical (unpaired) electrons. The maximum absolute atomic E-state index is 8.66. The Hall–Kier alpha value is -0.820. The Bertz CT molecular complexity index is 221. The van der Waals surface area contributed by atoms with Crippen molar-refractivity contribution in [2.24, 2.45) is 0 Å². The Labute approximate surface area is 87.8 Å². The molecule has 0 saturated carbocycles. The van der Waals surface area contributed by atoms with Gasteiger partial charge < -0.3 is 5.11 Å². The molecule has 0 amide bonds. The summed E-state index contributed by atoms with van der Waals surface area (Å²) in [5.41, 5.74) is 2.58. The minimum atomic E-state index is 0.157. The van der Waals surface area contributed by atoms with E-state index in [9.17, 15) is 0 Å². The van der Waals surface area contributed by atoms with Crippen LogP contribution in [0.5, 0.6) is 0 Å². The molecular formula is C13H22O. The summed E-state index contributed by atoms with van der Waals surface area (Å²) < 4.78 is 0. The van der Waals surface area contributed by atoms with Crippen LogP contribution in [0.15, 0.2) is 35.5 Å². The van der Waals surface area contributed by atoms with Crippen molar-refractivity contribution in [2.75, 3.05) is 6.61 Å². The Morgan fingerprint density at radius 2 is 1.93 bits per heavy atom. The molecule has 0 heterocycles. The van der Waals surface area contributed by atoms with Gasteiger partial charge in [-0.15, -0.1) is 0 Å². The molecule has 0 spiro atoms. The van der Waals surface area contributed by atoms with E-state index < -0.39 is 0 Å². The second-order valence-electron chi connectivity index (χ2n) is 3.53. The van der Waals surface area contributed by atoms with Gasteiger partial charge in [-0.1, -0.05) is 42.4 Å². The van der Waals surface area contributed by atoms with Crippen molar-refractivity contribution in [1.29, 1.82) is 0 Å². The minimum absolute atomic E-state index is 0.157. The van der Waals surface area contributed by atoms with Gasteiger partial charge in [0.25, 0.3) is 0 Å². The van der Waals surface area contributed by atoms with Crippen LogP contribution < -0.4 is 0 Å². The Morgan fingerprint density at radius 1 is 1.21 bits per heavy atom. The number of hydrogen-bond donors (Lipinski definition) is 1. The van der Waals surface area contributed by atoms with E-state index in [-0.39, 0.29) is 6.61 Å². The number of allylic oxidation sites excluding steroid dienone is 5. The first-order valence-electron chi connectivity index (χ1n) is 5.30. The van der Waals surface area contributed by atoms with Crippen LogP contribution in [0.1, 0.15) is 40.0 Å². The topological polar surface area (TPSA) is 20.2 Å². The van der Waals surface area contributed by atoms with E-state index in [1.165, 1.54) is 11.1 Å². The predicted octanol–water partition coefficient (Wildman–Crippen LogP) is 3.62. The quantitative estimate of drug-likeness (QED) is 0.506. The van der Waals surface area contributed by atoms with Gasteiger partial charge in [0.15, 0.2) is 0 Å². The van der Waals surface area contributed by atoms with Crippen LogP contribution in [-0.2, 0) is 0 Å². The average molecular weight is 194 g/mol. The lowest BCUT2D eigenvalue weighted by molar-refractivity contribution is 0.341. The van der Waals surface area contributed by atoms with Gasteiger partial charge in [-0.2, -0.15) is 0 Å². The third-order valence-electron chi connectivity index (χ3n) is 2.06. The summed E-state index contributed by atoms with van der Waals surface area (Å²) in [5, 5.41) is 8.66. The summed E-state index contributed by atoms with van der Waals surface area (Å²) in [4.78, 5) is 0. The monoisotopic (exact) mass is 194 g/mol.